The number of nitrogens with zero attached hydrogens (tertiary/aromatic N) is 3. The maximum Gasteiger partial charge on any atom is 0.271 e. The summed E-state index contributed by atoms with van der Waals surface area (Å²) in [4.78, 5) is 22.5. The Labute approximate surface area is 136 Å². The number of rotatable bonds is 4. The van der Waals surface area contributed by atoms with Gasteiger partial charge in [0.05, 0.1) is 32.5 Å². The van der Waals surface area contributed by atoms with Crippen molar-refractivity contribution in [3.63, 3.8) is 0 Å². The first-order valence-corrected chi connectivity index (χ1v) is 7.01. The summed E-state index contributed by atoms with van der Waals surface area (Å²) in [7, 11) is 0. The summed E-state index contributed by atoms with van der Waals surface area (Å²) in [6.07, 6.45) is 1.45. The number of anilines is 1. The zero-order valence-electron chi connectivity index (χ0n) is 11.7. The van der Waals surface area contributed by atoms with Gasteiger partial charge < -0.3 is 5.32 Å². The summed E-state index contributed by atoms with van der Waals surface area (Å²) >= 11 is 11.9. The maximum atomic E-state index is 12.3. The Morgan fingerprint density at radius 3 is 2.64 bits per heavy atom. The third-order valence-corrected chi connectivity index (χ3v) is 3.85. The predicted molar refractivity (Wildman–Crippen MR) is 83.4 cm³/mol. The van der Waals surface area contributed by atoms with Crippen molar-refractivity contribution in [2.45, 2.75) is 19.9 Å². The molecule has 0 aliphatic carbocycles. The SMILES string of the molecule is Cc1c(Cl)cnn1C(C)C(=O)Nc1cc([N+](=O)[O-])ccc1Cl. The molecule has 116 valence electrons. The first-order chi connectivity index (χ1) is 10.3. The Bertz CT molecular complexity index is 745. The molecule has 7 nitrogen and oxygen atoms in total. The molecule has 0 fully saturated rings. The average Bonchev–Trinajstić information content (AvgIpc) is 2.80. The summed E-state index contributed by atoms with van der Waals surface area (Å²) in [6.45, 7) is 3.37. The minimum atomic E-state index is -0.650. The minimum Gasteiger partial charge on any atom is -0.323 e. The number of aromatic nitrogens is 2. The van der Waals surface area contributed by atoms with E-state index in [1.807, 2.05) is 0 Å². The van der Waals surface area contributed by atoms with Crippen LogP contribution in [0.1, 0.15) is 18.7 Å². The summed E-state index contributed by atoms with van der Waals surface area (Å²) in [6, 6.07) is 3.17. The van der Waals surface area contributed by atoms with Gasteiger partial charge in [-0.3, -0.25) is 19.6 Å². The smallest absolute Gasteiger partial charge is 0.271 e. The largest absolute Gasteiger partial charge is 0.323 e. The Morgan fingerprint density at radius 2 is 2.09 bits per heavy atom. The molecule has 1 atom stereocenters. The van der Waals surface area contributed by atoms with Crippen molar-refractivity contribution in [2.24, 2.45) is 0 Å². The van der Waals surface area contributed by atoms with Gasteiger partial charge in [-0.25, -0.2) is 0 Å². The normalized spacial score (nSPS) is 12.0. The molecule has 0 saturated heterocycles. The van der Waals surface area contributed by atoms with Crippen molar-refractivity contribution >= 4 is 40.5 Å². The second-order valence-electron chi connectivity index (χ2n) is 4.61. The topological polar surface area (TPSA) is 90.1 Å². The lowest BCUT2D eigenvalue weighted by Gasteiger charge is -2.15. The molecular formula is C13H12Cl2N4O3. The van der Waals surface area contributed by atoms with Crippen LogP contribution in [0.25, 0.3) is 0 Å². The van der Waals surface area contributed by atoms with E-state index >= 15 is 0 Å². The van der Waals surface area contributed by atoms with E-state index in [1.54, 1.807) is 13.8 Å². The van der Waals surface area contributed by atoms with Gasteiger partial charge in [0.15, 0.2) is 0 Å². The lowest BCUT2D eigenvalue weighted by Crippen LogP contribution is -2.25. The molecule has 0 bridgehead atoms. The van der Waals surface area contributed by atoms with E-state index in [2.05, 4.69) is 10.4 Å². The number of hydrogen-bond donors (Lipinski definition) is 1. The summed E-state index contributed by atoms with van der Waals surface area (Å²) < 4.78 is 1.46. The minimum absolute atomic E-state index is 0.161. The molecule has 9 heteroatoms. The molecule has 2 aromatic rings. The van der Waals surface area contributed by atoms with Crippen LogP contribution in [-0.4, -0.2) is 20.6 Å². The van der Waals surface area contributed by atoms with Crippen LogP contribution in [0.4, 0.5) is 11.4 Å². The quantitative estimate of drug-likeness (QED) is 0.678. The number of halogens is 2. The van der Waals surface area contributed by atoms with Crippen LogP contribution in [-0.2, 0) is 4.79 Å². The van der Waals surface area contributed by atoms with Gasteiger partial charge >= 0.3 is 0 Å². The molecule has 1 N–H and O–H groups in total. The van der Waals surface area contributed by atoms with E-state index in [0.29, 0.717) is 10.7 Å². The van der Waals surface area contributed by atoms with E-state index in [9.17, 15) is 14.9 Å². The van der Waals surface area contributed by atoms with Gasteiger partial charge in [-0.15, -0.1) is 0 Å². The number of non-ortho nitro benzene ring substituents is 1. The molecule has 0 aliphatic rings. The molecule has 2 rings (SSSR count). The third-order valence-electron chi connectivity index (χ3n) is 3.15. The fraction of sp³-hybridized carbons (Fsp3) is 0.231. The van der Waals surface area contributed by atoms with Crippen LogP contribution < -0.4 is 5.32 Å². The van der Waals surface area contributed by atoms with E-state index in [1.165, 1.54) is 29.1 Å². The maximum absolute atomic E-state index is 12.3. The van der Waals surface area contributed by atoms with Gasteiger partial charge in [0, 0.05) is 12.1 Å². The number of amides is 1. The molecule has 22 heavy (non-hydrogen) atoms. The van der Waals surface area contributed by atoms with Crippen LogP contribution in [0.3, 0.4) is 0 Å². The number of hydrogen-bond acceptors (Lipinski definition) is 4. The standard InChI is InChI=1S/C13H12Cl2N4O3/c1-7-11(15)6-16-18(7)8(2)13(20)17-12-5-9(19(21)22)3-4-10(12)14/h3-6,8H,1-2H3,(H,17,20). The molecule has 1 unspecified atom stereocenters. The molecule has 0 aliphatic heterocycles. The van der Waals surface area contributed by atoms with Crippen LogP contribution in [0.2, 0.25) is 10.0 Å². The van der Waals surface area contributed by atoms with Gasteiger partial charge in [-0.2, -0.15) is 5.10 Å². The Balaban J connectivity index is 2.23. The molecule has 1 amide bonds. The Morgan fingerprint density at radius 1 is 1.41 bits per heavy atom. The van der Waals surface area contributed by atoms with Crippen molar-refractivity contribution in [2.75, 3.05) is 5.32 Å². The zero-order valence-corrected chi connectivity index (χ0v) is 13.2. The molecule has 0 radical (unpaired) electrons. The Kier molecular flexibility index (Phi) is 4.68. The van der Waals surface area contributed by atoms with Crippen LogP contribution >= 0.6 is 23.2 Å². The highest BCUT2D eigenvalue weighted by Crippen LogP contribution is 2.27. The van der Waals surface area contributed by atoms with Crippen molar-refractivity contribution < 1.29 is 9.72 Å². The fourth-order valence-corrected chi connectivity index (χ4v) is 2.16. The van der Waals surface area contributed by atoms with Crippen LogP contribution in [0, 0.1) is 17.0 Å². The highest BCUT2D eigenvalue weighted by atomic mass is 35.5. The van der Waals surface area contributed by atoms with Crippen molar-refractivity contribution in [3.05, 3.63) is 50.2 Å². The van der Waals surface area contributed by atoms with Gasteiger partial charge in [0.2, 0.25) is 5.91 Å². The summed E-state index contributed by atoms with van der Waals surface area (Å²) in [5.74, 6) is -0.412. The highest BCUT2D eigenvalue weighted by Gasteiger charge is 2.20. The lowest BCUT2D eigenvalue weighted by atomic mass is 10.2. The number of nitro benzene ring substituents is 1. The van der Waals surface area contributed by atoms with Gasteiger partial charge in [0.25, 0.3) is 5.69 Å². The van der Waals surface area contributed by atoms with E-state index in [-0.39, 0.29) is 16.4 Å². The Hall–Kier alpha value is -2.12. The van der Waals surface area contributed by atoms with Gasteiger partial charge in [-0.05, 0) is 19.9 Å². The van der Waals surface area contributed by atoms with Crippen molar-refractivity contribution in [1.82, 2.24) is 9.78 Å². The number of carbonyl (C=O) groups is 1. The van der Waals surface area contributed by atoms with E-state index in [0.717, 1.165) is 0 Å². The van der Waals surface area contributed by atoms with Crippen molar-refractivity contribution in [3.8, 4) is 0 Å². The molecular weight excluding hydrogens is 331 g/mol. The predicted octanol–water partition coefficient (Wildman–Crippen LogP) is 3.61. The number of nitro groups is 1. The van der Waals surface area contributed by atoms with E-state index < -0.39 is 16.9 Å². The first kappa shape index (κ1) is 16.3. The molecule has 1 heterocycles. The molecule has 1 aromatic carbocycles. The van der Waals surface area contributed by atoms with Crippen molar-refractivity contribution in [1.29, 1.82) is 0 Å². The monoisotopic (exact) mass is 342 g/mol. The van der Waals surface area contributed by atoms with E-state index in [4.69, 9.17) is 23.2 Å². The van der Waals surface area contributed by atoms with Crippen LogP contribution in [0.5, 0.6) is 0 Å². The number of nitrogens with one attached hydrogen (secondary N) is 1. The fourth-order valence-electron chi connectivity index (χ4n) is 1.86. The van der Waals surface area contributed by atoms with Crippen LogP contribution in [0.15, 0.2) is 24.4 Å². The molecule has 0 spiro atoms. The lowest BCUT2D eigenvalue weighted by molar-refractivity contribution is -0.384. The van der Waals surface area contributed by atoms with Gasteiger partial charge in [-0.1, -0.05) is 23.2 Å². The third kappa shape index (κ3) is 3.20. The van der Waals surface area contributed by atoms with Gasteiger partial charge in [0.1, 0.15) is 6.04 Å². The second kappa shape index (κ2) is 6.33. The first-order valence-electron chi connectivity index (χ1n) is 6.25. The molecule has 1 aromatic heterocycles. The zero-order chi connectivity index (χ0) is 16.4. The number of carbonyl (C=O) groups excluding carboxylic acids is 1. The summed E-state index contributed by atoms with van der Waals surface area (Å²) in [5.41, 5.74) is 0.656. The summed E-state index contributed by atoms with van der Waals surface area (Å²) in [5, 5.41) is 18.0. The average molecular weight is 343 g/mol. The number of benzene rings is 1. The highest BCUT2D eigenvalue weighted by molar-refractivity contribution is 6.33. The molecule has 0 saturated carbocycles. The second-order valence-corrected chi connectivity index (χ2v) is 5.42.